The minimum atomic E-state index is -0.219. The maximum atomic E-state index is 8.92. The van der Waals surface area contributed by atoms with Crippen molar-refractivity contribution < 1.29 is 5.11 Å². The van der Waals surface area contributed by atoms with Gasteiger partial charge in [-0.25, -0.2) is 5.43 Å². The van der Waals surface area contributed by atoms with E-state index in [0.29, 0.717) is 5.02 Å². The molecule has 0 fully saturated rings. The first-order valence-corrected chi connectivity index (χ1v) is 7.63. The minimum absolute atomic E-state index is 0.219. The maximum absolute atomic E-state index is 8.92. The molecular weight excluding hydrogens is 288 g/mol. The number of nitrogens with zero attached hydrogens (tertiary/aromatic N) is 2. The van der Waals surface area contributed by atoms with Crippen molar-refractivity contribution in [2.75, 3.05) is 38.3 Å². The lowest BCUT2D eigenvalue weighted by molar-refractivity contribution is 0.305. The number of benzene rings is 1. The summed E-state index contributed by atoms with van der Waals surface area (Å²) in [5.74, 6) is 0. The summed E-state index contributed by atoms with van der Waals surface area (Å²) in [6, 6.07) is 5.55. The fraction of sp³-hybridized carbons (Fsp3) is 0.533. The van der Waals surface area contributed by atoms with E-state index >= 15 is 0 Å². The van der Waals surface area contributed by atoms with E-state index in [1.54, 1.807) is 0 Å². The monoisotopic (exact) mass is 312 g/mol. The lowest BCUT2D eigenvalue weighted by Crippen LogP contribution is -2.34. The van der Waals surface area contributed by atoms with Crippen LogP contribution in [0.15, 0.2) is 23.2 Å². The first-order valence-electron chi connectivity index (χ1n) is 7.25. The van der Waals surface area contributed by atoms with Crippen LogP contribution in [0.1, 0.15) is 26.3 Å². The zero-order chi connectivity index (χ0) is 15.7. The Morgan fingerprint density at radius 1 is 1.33 bits per heavy atom. The van der Waals surface area contributed by atoms with Crippen molar-refractivity contribution in [1.82, 2.24) is 10.3 Å². The number of aliphatic hydroxyl groups excluding tert-OH is 1. The average molecular weight is 313 g/mol. The molecule has 0 unspecified atom stereocenters. The quantitative estimate of drug-likeness (QED) is 0.372. The molecule has 0 radical (unpaired) electrons. The van der Waals surface area contributed by atoms with E-state index < -0.39 is 0 Å². The van der Waals surface area contributed by atoms with Gasteiger partial charge in [0.25, 0.3) is 0 Å². The van der Waals surface area contributed by atoms with Crippen LogP contribution in [-0.4, -0.2) is 48.6 Å². The lowest BCUT2D eigenvalue weighted by atomic mass is 10.1. The molecule has 0 amide bonds. The van der Waals surface area contributed by atoms with E-state index in [9.17, 15) is 0 Å². The number of hydrogen-bond acceptors (Lipinski definition) is 5. The van der Waals surface area contributed by atoms with E-state index in [4.69, 9.17) is 16.7 Å². The van der Waals surface area contributed by atoms with Gasteiger partial charge in [0, 0.05) is 29.4 Å². The highest BCUT2D eigenvalue weighted by molar-refractivity contribution is 6.31. The standard InChI is InChI=1S/C15H25ClN4O/c1-4-20(5-2)9-8-18-19-15-10-13(16)6-7-14(15)12(3)17-11-21/h6-7,10,18-19,21H,4-5,8-9,11H2,1-3H3. The summed E-state index contributed by atoms with van der Waals surface area (Å²) in [7, 11) is 0. The third-order valence-corrected chi connectivity index (χ3v) is 3.58. The van der Waals surface area contributed by atoms with Gasteiger partial charge in [-0.3, -0.25) is 4.99 Å². The Labute approximate surface area is 132 Å². The third-order valence-electron chi connectivity index (χ3n) is 3.35. The second kappa shape index (κ2) is 9.73. The fourth-order valence-electron chi connectivity index (χ4n) is 2.04. The van der Waals surface area contributed by atoms with Gasteiger partial charge in [0.15, 0.2) is 0 Å². The number of rotatable bonds is 9. The molecule has 21 heavy (non-hydrogen) atoms. The second-order valence-electron chi connectivity index (χ2n) is 4.65. The van der Waals surface area contributed by atoms with E-state index in [1.165, 1.54) is 0 Å². The molecule has 0 aliphatic carbocycles. The number of hydrogen-bond donors (Lipinski definition) is 3. The Bertz CT molecular complexity index is 461. The van der Waals surface area contributed by atoms with Gasteiger partial charge < -0.3 is 15.4 Å². The van der Waals surface area contributed by atoms with E-state index in [1.807, 2.05) is 25.1 Å². The Balaban J connectivity index is 2.65. The van der Waals surface area contributed by atoms with Gasteiger partial charge in [-0.2, -0.15) is 0 Å². The number of halogens is 1. The number of aliphatic imine (C=N–C) groups is 1. The van der Waals surface area contributed by atoms with Crippen LogP contribution in [-0.2, 0) is 0 Å². The summed E-state index contributed by atoms with van der Waals surface area (Å²) >= 11 is 6.04. The van der Waals surface area contributed by atoms with Crippen LogP contribution in [0.2, 0.25) is 5.02 Å². The summed E-state index contributed by atoms with van der Waals surface area (Å²) in [6.45, 7) is 9.83. The van der Waals surface area contributed by atoms with Crippen LogP contribution in [0.25, 0.3) is 0 Å². The van der Waals surface area contributed by atoms with Gasteiger partial charge in [0.05, 0.1) is 5.69 Å². The summed E-state index contributed by atoms with van der Waals surface area (Å²) < 4.78 is 0. The highest BCUT2D eigenvalue weighted by atomic mass is 35.5. The summed E-state index contributed by atoms with van der Waals surface area (Å²) in [4.78, 5) is 6.36. The molecule has 1 aromatic rings. The van der Waals surface area contributed by atoms with Crippen LogP contribution >= 0.6 is 11.6 Å². The first-order chi connectivity index (χ1) is 10.1. The molecule has 6 heteroatoms. The topological polar surface area (TPSA) is 59.9 Å². The van der Waals surface area contributed by atoms with Gasteiger partial charge in [-0.1, -0.05) is 25.4 Å². The first kappa shape index (κ1) is 17.9. The zero-order valence-electron chi connectivity index (χ0n) is 13.0. The van der Waals surface area contributed by atoms with Crippen molar-refractivity contribution in [3.63, 3.8) is 0 Å². The van der Waals surface area contributed by atoms with Gasteiger partial charge >= 0.3 is 0 Å². The molecule has 0 atom stereocenters. The van der Waals surface area contributed by atoms with Crippen LogP contribution in [0.5, 0.6) is 0 Å². The zero-order valence-corrected chi connectivity index (χ0v) is 13.7. The van der Waals surface area contributed by atoms with Gasteiger partial charge in [-0.05, 0) is 38.2 Å². The van der Waals surface area contributed by atoms with Crippen LogP contribution in [0.4, 0.5) is 5.69 Å². The molecule has 0 heterocycles. The van der Waals surface area contributed by atoms with Crippen molar-refractivity contribution >= 4 is 23.0 Å². The molecule has 0 bridgehead atoms. The molecule has 0 aliphatic heterocycles. The Kier molecular flexibility index (Phi) is 8.30. The average Bonchev–Trinajstić information content (AvgIpc) is 2.47. The van der Waals surface area contributed by atoms with Crippen molar-refractivity contribution in [3.05, 3.63) is 28.8 Å². The molecule has 0 aromatic heterocycles. The molecule has 0 spiro atoms. The Morgan fingerprint density at radius 2 is 2.05 bits per heavy atom. The Morgan fingerprint density at radius 3 is 2.67 bits per heavy atom. The van der Waals surface area contributed by atoms with Gasteiger partial charge in [-0.15, -0.1) is 0 Å². The molecule has 0 aliphatic rings. The predicted octanol–water partition coefficient (Wildman–Crippen LogP) is 2.36. The molecular formula is C15H25ClN4O. The number of hydrazine groups is 1. The molecule has 0 saturated heterocycles. The van der Waals surface area contributed by atoms with Gasteiger partial charge in [0.2, 0.25) is 0 Å². The number of likely N-dealkylation sites (N-methyl/N-ethyl adjacent to an activating group) is 1. The number of anilines is 1. The van der Waals surface area contributed by atoms with Crippen molar-refractivity contribution in [2.24, 2.45) is 4.99 Å². The summed E-state index contributed by atoms with van der Waals surface area (Å²) in [6.07, 6.45) is 0. The molecule has 118 valence electrons. The highest BCUT2D eigenvalue weighted by Crippen LogP contribution is 2.21. The van der Waals surface area contributed by atoms with E-state index in [-0.39, 0.29) is 6.73 Å². The smallest absolute Gasteiger partial charge is 0.134 e. The van der Waals surface area contributed by atoms with Crippen LogP contribution in [0.3, 0.4) is 0 Å². The third kappa shape index (κ3) is 6.01. The maximum Gasteiger partial charge on any atom is 0.134 e. The Hall–Kier alpha value is -1.14. The van der Waals surface area contributed by atoms with E-state index in [0.717, 1.165) is 43.1 Å². The van der Waals surface area contributed by atoms with Crippen LogP contribution in [0, 0.1) is 0 Å². The molecule has 1 aromatic carbocycles. The molecule has 3 N–H and O–H groups in total. The van der Waals surface area contributed by atoms with Gasteiger partial charge in [0.1, 0.15) is 6.73 Å². The molecule has 0 saturated carbocycles. The van der Waals surface area contributed by atoms with Crippen molar-refractivity contribution in [3.8, 4) is 0 Å². The lowest BCUT2D eigenvalue weighted by Gasteiger charge is -2.19. The molecule has 1 rings (SSSR count). The second-order valence-corrected chi connectivity index (χ2v) is 5.09. The fourth-order valence-corrected chi connectivity index (χ4v) is 2.21. The highest BCUT2D eigenvalue weighted by Gasteiger charge is 2.06. The van der Waals surface area contributed by atoms with Crippen molar-refractivity contribution in [1.29, 1.82) is 0 Å². The minimum Gasteiger partial charge on any atom is -0.375 e. The van der Waals surface area contributed by atoms with Crippen LogP contribution < -0.4 is 10.9 Å². The summed E-state index contributed by atoms with van der Waals surface area (Å²) in [5.41, 5.74) is 8.92. The van der Waals surface area contributed by atoms with E-state index in [2.05, 4.69) is 34.6 Å². The van der Waals surface area contributed by atoms with Crippen molar-refractivity contribution in [2.45, 2.75) is 20.8 Å². The number of nitrogens with one attached hydrogen (secondary N) is 2. The SMILES string of the molecule is CCN(CC)CCNNc1cc(Cl)ccc1C(C)=NCO. The largest absolute Gasteiger partial charge is 0.375 e. The molecule has 5 nitrogen and oxygen atoms in total. The normalized spacial score (nSPS) is 12.0. The summed E-state index contributed by atoms with van der Waals surface area (Å²) in [5, 5.41) is 9.57. The number of aliphatic hydroxyl groups is 1. The predicted molar refractivity (Wildman–Crippen MR) is 90.2 cm³/mol.